The fraction of sp³-hybridized carbons (Fsp3) is 0.190. The highest BCUT2D eigenvalue weighted by Crippen LogP contribution is 2.28. The van der Waals surface area contributed by atoms with Gasteiger partial charge in [0.1, 0.15) is 0 Å². The number of para-hydroxylation sites is 4. The number of fused-ring (bicyclic) bond motifs is 1. The SMILES string of the molecule is O=C(/C=C/c1cnc2ccccc2n1)Nc1ccccc1N1CCCC1. The molecule has 1 saturated heterocycles. The van der Waals surface area contributed by atoms with Crippen molar-refractivity contribution in [1.29, 1.82) is 0 Å². The van der Waals surface area contributed by atoms with Gasteiger partial charge < -0.3 is 10.2 Å². The van der Waals surface area contributed by atoms with Crippen molar-refractivity contribution in [3.05, 3.63) is 66.5 Å². The molecular weight excluding hydrogens is 324 g/mol. The van der Waals surface area contributed by atoms with E-state index in [2.05, 4.69) is 26.3 Å². The van der Waals surface area contributed by atoms with Crippen LogP contribution >= 0.6 is 0 Å². The van der Waals surface area contributed by atoms with Gasteiger partial charge in [-0.05, 0) is 43.2 Å². The fourth-order valence-electron chi connectivity index (χ4n) is 3.20. The van der Waals surface area contributed by atoms with Gasteiger partial charge in [0.2, 0.25) is 5.91 Å². The van der Waals surface area contributed by atoms with Crippen molar-refractivity contribution in [3.63, 3.8) is 0 Å². The van der Waals surface area contributed by atoms with E-state index < -0.39 is 0 Å². The molecule has 130 valence electrons. The summed E-state index contributed by atoms with van der Waals surface area (Å²) in [6, 6.07) is 15.6. The van der Waals surface area contributed by atoms with Crippen LogP contribution in [-0.2, 0) is 4.79 Å². The standard InChI is InChI=1S/C21H20N4O/c26-21(12-11-16-15-22-17-7-1-2-8-18(17)23-16)24-19-9-3-4-10-20(19)25-13-5-6-14-25/h1-4,7-12,15H,5-6,13-14H2,(H,24,26)/b12-11+. The summed E-state index contributed by atoms with van der Waals surface area (Å²) in [5.41, 5.74) is 4.24. The molecule has 2 aromatic carbocycles. The number of nitrogens with one attached hydrogen (secondary N) is 1. The molecule has 1 aromatic heterocycles. The van der Waals surface area contributed by atoms with Gasteiger partial charge in [-0.3, -0.25) is 9.78 Å². The van der Waals surface area contributed by atoms with E-state index in [1.807, 2.05) is 42.5 Å². The number of hydrogen-bond acceptors (Lipinski definition) is 4. The van der Waals surface area contributed by atoms with E-state index in [-0.39, 0.29) is 5.91 Å². The predicted molar refractivity (Wildman–Crippen MR) is 105 cm³/mol. The number of hydrogen-bond donors (Lipinski definition) is 1. The van der Waals surface area contributed by atoms with Gasteiger partial charge in [0.05, 0.1) is 34.3 Å². The summed E-state index contributed by atoms with van der Waals surface area (Å²) >= 11 is 0. The van der Waals surface area contributed by atoms with Crippen LogP contribution in [0.4, 0.5) is 11.4 Å². The Labute approximate surface area is 152 Å². The van der Waals surface area contributed by atoms with Crippen LogP contribution in [0.2, 0.25) is 0 Å². The topological polar surface area (TPSA) is 58.1 Å². The zero-order valence-corrected chi connectivity index (χ0v) is 14.4. The molecule has 0 unspecified atom stereocenters. The van der Waals surface area contributed by atoms with Crippen molar-refractivity contribution in [1.82, 2.24) is 9.97 Å². The number of rotatable bonds is 4. The molecule has 5 nitrogen and oxygen atoms in total. The van der Waals surface area contributed by atoms with Crippen LogP contribution in [0.15, 0.2) is 60.8 Å². The van der Waals surface area contributed by atoms with Crippen LogP contribution in [0.1, 0.15) is 18.5 Å². The lowest BCUT2D eigenvalue weighted by molar-refractivity contribution is -0.111. The van der Waals surface area contributed by atoms with Crippen molar-refractivity contribution in [2.45, 2.75) is 12.8 Å². The maximum Gasteiger partial charge on any atom is 0.248 e. The first-order chi connectivity index (χ1) is 12.8. The number of carbonyl (C=O) groups is 1. The second-order valence-corrected chi connectivity index (χ2v) is 6.32. The Balaban J connectivity index is 1.49. The largest absolute Gasteiger partial charge is 0.370 e. The fourth-order valence-corrected chi connectivity index (χ4v) is 3.20. The Morgan fingerprint density at radius 1 is 1.00 bits per heavy atom. The van der Waals surface area contributed by atoms with E-state index in [0.717, 1.165) is 35.5 Å². The van der Waals surface area contributed by atoms with Crippen molar-refractivity contribution in [3.8, 4) is 0 Å². The molecule has 0 radical (unpaired) electrons. The summed E-state index contributed by atoms with van der Waals surface area (Å²) in [4.78, 5) is 23.5. The average Bonchev–Trinajstić information content (AvgIpc) is 3.21. The molecule has 1 N–H and O–H groups in total. The number of carbonyl (C=O) groups excluding carboxylic acids is 1. The zero-order chi connectivity index (χ0) is 17.8. The molecule has 5 heteroatoms. The van der Waals surface area contributed by atoms with Gasteiger partial charge >= 0.3 is 0 Å². The van der Waals surface area contributed by atoms with E-state index in [1.165, 1.54) is 18.9 Å². The molecule has 0 saturated carbocycles. The third kappa shape index (κ3) is 3.57. The van der Waals surface area contributed by atoms with Crippen molar-refractivity contribution in [2.75, 3.05) is 23.3 Å². The quantitative estimate of drug-likeness (QED) is 0.730. The predicted octanol–water partition coefficient (Wildman–Crippen LogP) is 3.88. The summed E-state index contributed by atoms with van der Waals surface area (Å²) in [5, 5.41) is 2.98. The molecule has 3 aromatic rings. The minimum absolute atomic E-state index is 0.174. The molecule has 4 rings (SSSR count). The van der Waals surface area contributed by atoms with E-state index in [9.17, 15) is 4.79 Å². The Bertz CT molecular complexity index is 961. The third-order valence-corrected chi connectivity index (χ3v) is 4.48. The minimum atomic E-state index is -0.174. The summed E-state index contributed by atoms with van der Waals surface area (Å²) in [6.07, 6.45) is 7.25. The first-order valence-corrected chi connectivity index (χ1v) is 8.84. The lowest BCUT2D eigenvalue weighted by Crippen LogP contribution is -2.20. The Kier molecular flexibility index (Phi) is 4.60. The highest BCUT2D eigenvalue weighted by Gasteiger charge is 2.15. The molecule has 1 aliphatic rings. The molecule has 0 bridgehead atoms. The van der Waals surface area contributed by atoms with Gasteiger partial charge in [0.15, 0.2) is 0 Å². The third-order valence-electron chi connectivity index (χ3n) is 4.48. The lowest BCUT2D eigenvalue weighted by atomic mass is 10.2. The molecule has 1 fully saturated rings. The smallest absolute Gasteiger partial charge is 0.248 e. The summed E-state index contributed by atoms with van der Waals surface area (Å²) in [6.45, 7) is 2.07. The van der Waals surface area contributed by atoms with Crippen molar-refractivity contribution < 1.29 is 4.79 Å². The van der Waals surface area contributed by atoms with E-state index in [4.69, 9.17) is 0 Å². The van der Waals surface area contributed by atoms with E-state index in [0.29, 0.717) is 5.69 Å². The van der Waals surface area contributed by atoms with Gasteiger partial charge in [-0.1, -0.05) is 24.3 Å². The van der Waals surface area contributed by atoms with Crippen molar-refractivity contribution >= 4 is 34.4 Å². The van der Waals surface area contributed by atoms with Crippen LogP contribution in [0.5, 0.6) is 0 Å². The molecule has 0 spiro atoms. The van der Waals surface area contributed by atoms with E-state index in [1.54, 1.807) is 12.3 Å². The first kappa shape index (κ1) is 16.3. The van der Waals surface area contributed by atoms with Crippen LogP contribution in [0.3, 0.4) is 0 Å². The number of amides is 1. The molecular formula is C21H20N4O. The van der Waals surface area contributed by atoms with Crippen LogP contribution in [-0.4, -0.2) is 29.0 Å². The van der Waals surface area contributed by atoms with Crippen molar-refractivity contribution in [2.24, 2.45) is 0 Å². The van der Waals surface area contributed by atoms with Gasteiger partial charge in [-0.2, -0.15) is 0 Å². The zero-order valence-electron chi connectivity index (χ0n) is 14.4. The highest BCUT2D eigenvalue weighted by molar-refractivity contribution is 6.03. The normalized spacial score (nSPS) is 14.2. The Morgan fingerprint density at radius 2 is 1.73 bits per heavy atom. The Morgan fingerprint density at radius 3 is 2.58 bits per heavy atom. The highest BCUT2D eigenvalue weighted by atomic mass is 16.1. The molecule has 0 aliphatic carbocycles. The summed E-state index contributed by atoms with van der Waals surface area (Å²) in [5.74, 6) is -0.174. The first-order valence-electron chi connectivity index (χ1n) is 8.84. The maximum absolute atomic E-state index is 12.4. The van der Waals surface area contributed by atoms with Gasteiger partial charge in [0.25, 0.3) is 0 Å². The van der Waals surface area contributed by atoms with Gasteiger partial charge in [-0.25, -0.2) is 4.98 Å². The van der Waals surface area contributed by atoms with Crippen LogP contribution in [0.25, 0.3) is 17.1 Å². The number of nitrogens with zero attached hydrogens (tertiary/aromatic N) is 3. The molecule has 26 heavy (non-hydrogen) atoms. The molecule has 2 heterocycles. The van der Waals surface area contributed by atoms with Crippen LogP contribution in [0, 0.1) is 0 Å². The number of benzene rings is 2. The van der Waals surface area contributed by atoms with Gasteiger partial charge in [0, 0.05) is 19.2 Å². The molecule has 1 aliphatic heterocycles. The van der Waals surface area contributed by atoms with Crippen LogP contribution < -0.4 is 10.2 Å². The number of anilines is 2. The maximum atomic E-state index is 12.4. The van der Waals surface area contributed by atoms with E-state index >= 15 is 0 Å². The minimum Gasteiger partial charge on any atom is -0.370 e. The summed E-state index contributed by atoms with van der Waals surface area (Å²) in [7, 11) is 0. The second-order valence-electron chi connectivity index (χ2n) is 6.32. The molecule has 1 amide bonds. The lowest BCUT2D eigenvalue weighted by Gasteiger charge is -2.21. The number of aromatic nitrogens is 2. The summed E-state index contributed by atoms with van der Waals surface area (Å²) < 4.78 is 0. The second kappa shape index (κ2) is 7.35. The van der Waals surface area contributed by atoms with Gasteiger partial charge in [-0.15, -0.1) is 0 Å². The average molecular weight is 344 g/mol. The molecule has 0 atom stereocenters. The Hall–Kier alpha value is -3.21. The monoisotopic (exact) mass is 344 g/mol.